The van der Waals surface area contributed by atoms with E-state index >= 15 is 0 Å². The van der Waals surface area contributed by atoms with Gasteiger partial charge in [-0.2, -0.15) is 0 Å². The van der Waals surface area contributed by atoms with Crippen LogP contribution in [0, 0.1) is 0 Å². The number of aliphatic carboxylic acids is 1. The molecule has 1 N–H and O–H groups in total. The van der Waals surface area contributed by atoms with E-state index in [1.165, 1.54) is 16.7 Å². The third-order valence-corrected chi connectivity index (χ3v) is 13.0. The van der Waals surface area contributed by atoms with Crippen LogP contribution in [0.3, 0.4) is 0 Å². The largest absolute Gasteiger partial charge is 0.611 e. The summed E-state index contributed by atoms with van der Waals surface area (Å²) in [6, 6.07) is 0. The molecule has 0 radical (unpaired) electrons. The molecule has 9 heteroatoms. The quantitative estimate of drug-likeness (QED) is 0.425. The predicted molar refractivity (Wildman–Crippen MR) is 98.5 cm³/mol. The van der Waals surface area contributed by atoms with Crippen LogP contribution in [0.5, 0.6) is 0 Å². The molecule has 2 aliphatic heterocycles. The molecule has 0 aromatic carbocycles. The van der Waals surface area contributed by atoms with Crippen LogP contribution in [0.2, 0.25) is 18.1 Å². The molecule has 1 fully saturated rings. The van der Waals surface area contributed by atoms with Crippen molar-refractivity contribution in [2.24, 2.45) is 0 Å². The van der Waals surface area contributed by atoms with Crippen molar-refractivity contribution in [2.45, 2.75) is 57.3 Å². The molecule has 0 spiro atoms. The summed E-state index contributed by atoms with van der Waals surface area (Å²) in [5.74, 6) is -1.23. The second-order valence-electron chi connectivity index (χ2n) is 7.66. The lowest BCUT2D eigenvalue weighted by molar-refractivity contribution is -0.162. The van der Waals surface area contributed by atoms with Gasteiger partial charge in [-0.1, -0.05) is 33.9 Å². The van der Waals surface area contributed by atoms with Gasteiger partial charge in [-0.05, 0) is 34.9 Å². The van der Waals surface area contributed by atoms with Gasteiger partial charge in [0.15, 0.2) is 11.8 Å². The van der Waals surface area contributed by atoms with Gasteiger partial charge in [-0.15, -0.1) is 0 Å². The number of carbonyl (C=O) groups is 2. The van der Waals surface area contributed by atoms with Gasteiger partial charge in [0.1, 0.15) is 11.1 Å². The number of hydrogen-bond donors (Lipinski definition) is 1. The number of rotatable bonds is 6. The molecule has 6 nitrogen and oxygen atoms in total. The Labute approximate surface area is 151 Å². The Hall–Kier alpha value is -0.483. The molecule has 2 rings (SSSR count). The molecule has 1 amide bonds. The fraction of sp³-hybridized carbons (Fsp3) is 0.733. The number of fused-ring (bicyclic) bond motifs is 1. The number of thioether (sulfide) groups is 1. The van der Waals surface area contributed by atoms with E-state index < -0.39 is 36.7 Å². The average Bonchev–Trinajstić information content (AvgIpc) is 2.81. The molecule has 3 atom stereocenters. The molecule has 0 aromatic rings. The first-order valence-electron chi connectivity index (χ1n) is 7.89. The van der Waals surface area contributed by atoms with Crippen molar-refractivity contribution in [3.8, 4) is 0 Å². The van der Waals surface area contributed by atoms with Crippen LogP contribution in [0.4, 0.5) is 0 Å². The predicted octanol–water partition coefficient (Wildman–Crippen LogP) is 2.36. The number of carbonyl (C=O) groups excluding carboxylic acids is 1. The Morgan fingerprint density at radius 2 is 2.04 bits per heavy atom. The Morgan fingerprint density at radius 3 is 2.50 bits per heavy atom. The Morgan fingerprint density at radius 1 is 1.46 bits per heavy atom. The van der Waals surface area contributed by atoms with Crippen molar-refractivity contribution in [1.29, 1.82) is 0 Å². The Bertz CT molecular complexity index is 587. The van der Waals surface area contributed by atoms with Gasteiger partial charge in [0.05, 0.1) is 8.07 Å². The Kier molecular flexibility index (Phi) is 5.52. The van der Waals surface area contributed by atoms with Crippen LogP contribution >= 0.6 is 11.8 Å². The van der Waals surface area contributed by atoms with E-state index in [0.29, 0.717) is 12.0 Å². The molecular weight excluding hydrogens is 366 g/mol. The molecule has 0 unspecified atom stereocenters. The first-order valence-corrected chi connectivity index (χ1v) is 13.3. The zero-order valence-electron chi connectivity index (χ0n) is 14.9. The zero-order valence-corrected chi connectivity index (χ0v) is 17.5. The molecule has 2 aliphatic rings. The summed E-state index contributed by atoms with van der Waals surface area (Å²) in [5, 5.41) is 9.12. The summed E-state index contributed by atoms with van der Waals surface area (Å²) in [6.07, 6.45) is -0.114. The first-order chi connectivity index (χ1) is 10.9. The number of amides is 1. The minimum absolute atomic E-state index is 0.137. The smallest absolute Gasteiger partial charge is 0.358 e. The molecule has 2 heterocycles. The van der Waals surface area contributed by atoms with Crippen LogP contribution in [0.1, 0.15) is 27.7 Å². The summed E-state index contributed by atoms with van der Waals surface area (Å²) in [6.45, 7) is 12.7. The summed E-state index contributed by atoms with van der Waals surface area (Å²) in [7, 11) is -1.70. The fourth-order valence-corrected chi connectivity index (χ4v) is 6.13. The molecule has 0 bridgehead atoms. The van der Waals surface area contributed by atoms with Gasteiger partial charge >= 0.3 is 5.97 Å². The van der Waals surface area contributed by atoms with E-state index in [1.54, 1.807) is 6.92 Å². The molecule has 0 saturated carbocycles. The van der Waals surface area contributed by atoms with Gasteiger partial charge in [-0.25, -0.2) is 4.79 Å². The number of nitrogens with zero attached hydrogens (tertiary/aromatic N) is 1. The van der Waals surface area contributed by atoms with Crippen LogP contribution in [-0.4, -0.2) is 58.0 Å². The van der Waals surface area contributed by atoms with Crippen LogP contribution in [-0.2, 0) is 25.5 Å². The van der Waals surface area contributed by atoms with Crippen molar-refractivity contribution in [1.82, 2.24) is 4.90 Å². The lowest BCUT2D eigenvalue weighted by Gasteiger charge is -2.44. The standard InChI is InChI=1S/C15H25NO5S2Si/c1-7-23(20)14-9(13(18)19)16-11(17)10(12(16)22-14)21-8-24(5,6)15(2,3)4/h10,12H,7-8H2,1-6H3,(H,18,19)/t10-,12+,23+/m0/s1. The topological polar surface area (TPSA) is 89.9 Å². The molecular formula is C15H25NO5S2Si. The van der Waals surface area contributed by atoms with E-state index in [1.807, 2.05) is 0 Å². The van der Waals surface area contributed by atoms with Gasteiger partial charge in [0.2, 0.25) is 4.24 Å². The maximum absolute atomic E-state index is 12.4. The normalized spacial score (nSPS) is 25.6. The summed E-state index contributed by atoms with van der Waals surface area (Å²) < 4.78 is 18.3. The van der Waals surface area contributed by atoms with Crippen molar-refractivity contribution in [3.05, 3.63) is 9.93 Å². The van der Waals surface area contributed by atoms with Gasteiger partial charge in [0, 0.05) is 6.23 Å². The number of carboxylic acids is 1. The van der Waals surface area contributed by atoms with E-state index in [9.17, 15) is 19.2 Å². The van der Waals surface area contributed by atoms with E-state index in [2.05, 4.69) is 33.9 Å². The maximum Gasteiger partial charge on any atom is 0.358 e. The second kappa shape index (κ2) is 6.68. The van der Waals surface area contributed by atoms with Gasteiger partial charge < -0.3 is 14.4 Å². The third-order valence-electron chi connectivity index (χ3n) is 4.98. The second-order valence-corrected chi connectivity index (χ2v) is 16.3. The lowest BCUT2D eigenvalue weighted by Crippen LogP contribution is -2.63. The number of ether oxygens (including phenoxy) is 1. The summed E-state index contributed by atoms with van der Waals surface area (Å²) in [5.41, 5.74) is -0.137. The van der Waals surface area contributed by atoms with Gasteiger partial charge in [-0.3, -0.25) is 9.69 Å². The van der Waals surface area contributed by atoms with Gasteiger partial charge in [0.25, 0.3) is 5.91 Å². The van der Waals surface area contributed by atoms with Crippen LogP contribution < -0.4 is 0 Å². The highest BCUT2D eigenvalue weighted by atomic mass is 32.3. The van der Waals surface area contributed by atoms with Crippen molar-refractivity contribution < 1.29 is 24.0 Å². The van der Waals surface area contributed by atoms with E-state index in [0.717, 1.165) is 0 Å². The monoisotopic (exact) mass is 391 g/mol. The van der Waals surface area contributed by atoms with Crippen LogP contribution in [0.15, 0.2) is 9.93 Å². The minimum atomic E-state index is -1.70. The lowest BCUT2D eigenvalue weighted by atomic mass is 10.1. The molecule has 24 heavy (non-hydrogen) atoms. The third kappa shape index (κ3) is 3.28. The zero-order chi connectivity index (χ0) is 18.4. The van der Waals surface area contributed by atoms with Crippen molar-refractivity contribution in [3.63, 3.8) is 0 Å². The Balaban J connectivity index is 2.12. The number of β-lactam (4-membered cyclic amide) rings is 1. The SMILES string of the molecule is CC[S@@+]([O-])C1=C(C(=O)O)N2C(=O)[C@H](OC[Si](C)(C)C(C)(C)C)[C@H]2S1. The molecule has 1 saturated heterocycles. The number of hydrogen-bond acceptors (Lipinski definition) is 5. The first kappa shape index (κ1) is 19.8. The number of carboxylic acid groups (broad SMARTS) is 1. The molecule has 136 valence electrons. The van der Waals surface area contributed by atoms with Crippen molar-refractivity contribution >= 4 is 42.9 Å². The minimum Gasteiger partial charge on any atom is -0.611 e. The summed E-state index contributed by atoms with van der Waals surface area (Å²) in [4.78, 5) is 25.1. The van der Waals surface area contributed by atoms with Crippen molar-refractivity contribution in [2.75, 3.05) is 12.0 Å². The average molecular weight is 392 g/mol. The summed E-state index contributed by atoms with van der Waals surface area (Å²) >= 11 is -0.205. The van der Waals surface area contributed by atoms with E-state index in [-0.39, 0.29) is 20.9 Å². The highest BCUT2D eigenvalue weighted by Gasteiger charge is 2.60. The molecule has 0 aliphatic carbocycles. The van der Waals surface area contributed by atoms with Crippen LogP contribution in [0.25, 0.3) is 0 Å². The molecule has 0 aromatic heterocycles. The fourth-order valence-electron chi connectivity index (χ4n) is 2.20. The maximum atomic E-state index is 12.4. The highest BCUT2D eigenvalue weighted by Crippen LogP contribution is 2.49. The highest BCUT2D eigenvalue weighted by molar-refractivity contribution is 8.19. The van der Waals surface area contributed by atoms with E-state index in [4.69, 9.17) is 4.74 Å².